The van der Waals surface area contributed by atoms with Crippen LogP contribution in [0, 0.1) is 0 Å². The van der Waals surface area contributed by atoms with Crippen LogP contribution in [0.3, 0.4) is 0 Å². The van der Waals surface area contributed by atoms with Gasteiger partial charge in [-0.3, -0.25) is 9.59 Å². The SMILES string of the molecule is C=C(CCCCCCCC1OC1CC1OC1CCCCC)OCC(COC(=O)CCCCCCCC(C)OC)OC(=O)CCCCCCCC1OC1CC1OC1CC1OC1CC. The van der Waals surface area contributed by atoms with Gasteiger partial charge < -0.3 is 42.6 Å². The molecule has 62 heavy (non-hydrogen) atoms. The molecular weight excluding hydrogens is 789 g/mol. The summed E-state index contributed by atoms with van der Waals surface area (Å²) in [4.78, 5) is 25.5. The first-order valence-corrected chi connectivity index (χ1v) is 25.7. The second kappa shape index (κ2) is 29.0. The summed E-state index contributed by atoms with van der Waals surface area (Å²) >= 11 is 0. The van der Waals surface area contributed by atoms with Crippen LogP contribution in [0.5, 0.6) is 0 Å². The molecule has 0 radical (unpaired) electrons. The molecule has 5 saturated heterocycles. The average molecular weight is 877 g/mol. The number of carbonyl (C=O) groups is 2. The molecule has 5 heterocycles. The molecule has 0 aromatic rings. The van der Waals surface area contributed by atoms with E-state index in [1.165, 1.54) is 44.9 Å². The molecule has 12 atom stereocenters. The molecule has 0 bridgehead atoms. The lowest BCUT2D eigenvalue weighted by molar-refractivity contribution is -0.162. The molecule has 0 aromatic heterocycles. The van der Waals surface area contributed by atoms with E-state index >= 15 is 0 Å². The Morgan fingerprint density at radius 1 is 0.500 bits per heavy atom. The van der Waals surface area contributed by atoms with E-state index in [0.29, 0.717) is 85.7 Å². The Morgan fingerprint density at radius 2 is 0.919 bits per heavy atom. The molecule has 0 N–H and O–H groups in total. The molecule has 5 rings (SSSR count). The van der Waals surface area contributed by atoms with Crippen molar-refractivity contribution >= 4 is 11.9 Å². The number of carbonyl (C=O) groups excluding carboxylic acids is 2. The maximum Gasteiger partial charge on any atom is 0.306 e. The van der Waals surface area contributed by atoms with E-state index in [4.69, 9.17) is 42.6 Å². The van der Waals surface area contributed by atoms with Gasteiger partial charge in [0.05, 0.1) is 72.9 Å². The van der Waals surface area contributed by atoms with Gasteiger partial charge in [-0.1, -0.05) is 117 Å². The lowest BCUT2D eigenvalue weighted by atomic mass is 10.0. The summed E-state index contributed by atoms with van der Waals surface area (Å²) in [6.07, 6.45) is 33.8. The Labute approximate surface area is 376 Å². The summed E-state index contributed by atoms with van der Waals surface area (Å²) in [5, 5.41) is 0. The van der Waals surface area contributed by atoms with Crippen molar-refractivity contribution in [3.05, 3.63) is 12.3 Å². The summed E-state index contributed by atoms with van der Waals surface area (Å²) in [7, 11) is 1.75. The molecular formula is C51H88O11. The van der Waals surface area contributed by atoms with Gasteiger partial charge >= 0.3 is 11.9 Å². The van der Waals surface area contributed by atoms with Crippen LogP contribution in [-0.4, -0.2) is 106 Å². The Balaban J connectivity index is 0.867. The van der Waals surface area contributed by atoms with Gasteiger partial charge in [-0.15, -0.1) is 0 Å². The molecule has 5 fully saturated rings. The fraction of sp³-hybridized carbons (Fsp3) is 0.922. The highest BCUT2D eigenvalue weighted by molar-refractivity contribution is 5.70. The number of esters is 2. The number of rotatable bonds is 42. The molecule has 0 aromatic carbocycles. The highest BCUT2D eigenvalue weighted by Gasteiger charge is 2.51. The van der Waals surface area contributed by atoms with Gasteiger partial charge in [0.1, 0.15) is 13.2 Å². The van der Waals surface area contributed by atoms with E-state index in [-0.39, 0.29) is 25.2 Å². The van der Waals surface area contributed by atoms with Crippen molar-refractivity contribution in [2.75, 3.05) is 20.3 Å². The Morgan fingerprint density at radius 3 is 1.45 bits per heavy atom. The molecule has 11 heteroatoms. The van der Waals surface area contributed by atoms with Crippen LogP contribution in [0.4, 0.5) is 0 Å². The summed E-state index contributed by atoms with van der Waals surface area (Å²) in [6.45, 7) is 10.8. The number of hydrogen-bond donors (Lipinski definition) is 0. The van der Waals surface area contributed by atoms with Gasteiger partial charge in [0.2, 0.25) is 0 Å². The normalized spacial score (nSPS) is 28.8. The number of unbranched alkanes of at least 4 members (excludes halogenated alkanes) is 14. The van der Waals surface area contributed by atoms with E-state index in [1.54, 1.807) is 7.11 Å². The fourth-order valence-corrected chi connectivity index (χ4v) is 9.14. The van der Waals surface area contributed by atoms with Crippen LogP contribution in [0.15, 0.2) is 12.3 Å². The number of ether oxygens (including phenoxy) is 9. The maximum atomic E-state index is 12.9. The molecule has 0 spiro atoms. The highest BCUT2D eigenvalue weighted by Crippen LogP contribution is 2.42. The fourth-order valence-electron chi connectivity index (χ4n) is 9.14. The average Bonchev–Trinajstić information content (AvgIpc) is 4.00. The first-order valence-electron chi connectivity index (χ1n) is 25.7. The second-order valence-corrected chi connectivity index (χ2v) is 19.3. The molecule has 0 aliphatic carbocycles. The van der Waals surface area contributed by atoms with Crippen molar-refractivity contribution in [3.63, 3.8) is 0 Å². The third-order valence-corrected chi connectivity index (χ3v) is 13.7. The van der Waals surface area contributed by atoms with E-state index in [2.05, 4.69) is 27.4 Å². The number of allylic oxidation sites excluding steroid dienone is 1. The zero-order valence-corrected chi connectivity index (χ0v) is 39.5. The minimum Gasteiger partial charge on any atom is -0.495 e. The van der Waals surface area contributed by atoms with Crippen LogP contribution < -0.4 is 0 Å². The topological polar surface area (TPSA) is 134 Å². The molecule has 5 aliphatic rings. The third kappa shape index (κ3) is 21.9. The zero-order valence-electron chi connectivity index (χ0n) is 39.5. The van der Waals surface area contributed by atoms with Gasteiger partial charge in [-0.25, -0.2) is 0 Å². The Kier molecular flexibility index (Phi) is 24.0. The third-order valence-electron chi connectivity index (χ3n) is 13.7. The molecule has 358 valence electrons. The highest BCUT2D eigenvalue weighted by atomic mass is 16.6. The summed E-state index contributed by atoms with van der Waals surface area (Å²) in [6, 6.07) is 0. The monoisotopic (exact) mass is 877 g/mol. The predicted octanol–water partition coefficient (Wildman–Crippen LogP) is 11.2. The summed E-state index contributed by atoms with van der Waals surface area (Å²) < 4.78 is 52.0. The number of hydrogen-bond acceptors (Lipinski definition) is 11. The lowest BCUT2D eigenvalue weighted by Crippen LogP contribution is -2.29. The minimum absolute atomic E-state index is 0.00242. The van der Waals surface area contributed by atoms with Crippen molar-refractivity contribution in [1.29, 1.82) is 0 Å². The maximum absolute atomic E-state index is 12.9. The molecule has 5 aliphatic heterocycles. The van der Waals surface area contributed by atoms with Gasteiger partial charge in [0, 0.05) is 45.6 Å². The van der Waals surface area contributed by atoms with E-state index in [1.807, 2.05) is 0 Å². The van der Waals surface area contributed by atoms with Crippen molar-refractivity contribution < 1.29 is 52.2 Å². The van der Waals surface area contributed by atoms with Gasteiger partial charge in [-0.2, -0.15) is 0 Å². The van der Waals surface area contributed by atoms with Crippen LogP contribution in [0.2, 0.25) is 0 Å². The van der Waals surface area contributed by atoms with E-state index in [9.17, 15) is 9.59 Å². The minimum atomic E-state index is -0.657. The smallest absolute Gasteiger partial charge is 0.306 e. The van der Waals surface area contributed by atoms with E-state index in [0.717, 1.165) is 128 Å². The zero-order chi connectivity index (χ0) is 43.9. The largest absolute Gasteiger partial charge is 0.495 e. The van der Waals surface area contributed by atoms with Crippen LogP contribution in [0.1, 0.15) is 207 Å². The van der Waals surface area contributed by atoms with Gasteiger partial charge in [0.15, 0.2) is 6.10 Å². The first-order chi connectivity index (χ1) is 30.3. The molecule has 0 amide bonds. The van der Waals surface area contributed by atoms with Gasteiger partial charge in [-0.05, 0) is 58.3 Å². The Bertz CT molecular complexity index is 1260. The van der Waals surface area contributed by atoms with Crippen molar-refractivity contribution in [2.24, 2.45) is 0 Å². The quantitative estimate of drug-likeness (QED) is 0.0251. The summed E-state index contributed by atoms with van der Waals surface area (Å²) in [5.41, 5.74) is 0. The standard InChI is InChI=1S/C51H88O11/c1-6-8-18-27-41-45(59-41)33-46-42(60-46)28-21-14-9-13-20-26-38(4)55-35-39(36-56-50(52)30-23-16-10-12-19-25-37(3)54-5)57-51(53)31-24-17-11-15-22-29-43-47(61-43)34-49-48(62-49)32-44-40(7-2)58-44/h37,39-49H,4,6-36H2,1-3,5H3. The van der Waals surface area contributed by atoms with Crippen LogP contribution >= 0.6 is 0 Å². The molecule has 12 unspecified atom stereocenters. The second-order valence-electron chi connectivity index (χ2n) is 19.3. The van der Waals surface area contributed by atoms with E-state index < -0.39 is 6.10 Å². The van der Waals surface area contributed by atoms with Crippen molar-refractivity contribution in [2.45, 2.75) is 280 Å². The van der Waals surface area contributed by atoms with Crippen molar-refractivity contribution in [1.82, 2.24) is 0 Å². The van der Waals surface area contributed by atoms with Gasteiger partial charge in [0.25, 0.3) is 0 Å². The van der Waals surface area contributed by atoms with Crippen LogP contribution in [0.25, 0.3) is 0 Å². The first kappa shape index (κ1) is 51.2. The number of methoxy groups -OCH3 is 1. The number of epoxide rings is 5. The van der Waals surface area contributed by atoms with Crippen molar-refractivity contribution in [3.8, 4) is 0 Å². The molecule has 11 nitrogen and oxygen atoms in total. The lowest BCUT2D eigenvalue weighted by Gasteiger charge is -2.19. The van der Waals surface area contributed by atoms with Crippen LogP contribution in [-0.2, 0) is 52.2 Å². The summed E-state index contributed by atoms with van der Waals surface area (Å²) in [5.74, 6) is 0.155. The Hall–Kier alpha value is -1.76. The predicted molar refractivity (Wildman–Crippen MR) is 241 cm³/mol. The molecule has 0 saturated carbocycles.